The van der Waals surface area contributed by atoms with Gasteiger partial charge in [-0.2, -0.15) is 0 Å². The maximum atomic E-state index is 13.4. The van der Waals surface area contributed by atoms with Crippen LogP contribution in [-0.4, -0.2) is 15.0 Å². The molecule has 0 spiro atoms. The lowest BCUT2D eigenvalue weighted by molar-refractivity contribution is 0.628. The first-order chi connectivity index (χ1) is 10.3. The Labute approximate surface area is 124 Å². The molecule has 4 rings (SSSR count). The fourth-order valence-corrected chi connectivity index (χ4v) is 3.10. The van der Waals surface area contributed by atoms with E-state index in [2.05, 4.69) is 21.0 Å². The lowest BCUT2D eigenvalue weighted by Gasteiger charge is -2.04. The van der Waals surface area contributed by atoms with Crippen molar-refractivity contribution in [2.24, 2.45) is 0 Å². The van der Waals surface area contributed by atoms with Crippen molar-refractivity contribution in [2.75, 3.05) is 0 Å². The monoisotopic (exact) mass is 295 g/mol. The number of nitrogens with one attached hydrogen (secondary N) is 1. The second kappa shape index (κ2) is 4.79. The average molecular weight is 295 g/mol. The molecule has 2 aromatic heterocycles. The molecule has 0 amide bonds. The highest BCUT2D eigenvalue weighted by molar-refractivity contribution is 7.16. The number of thiazole rings is 1. The van der Waals surface area contributed by atoms with Gasteiger partial charge in [-0.05, 0) is 24.3 Å². The Hall–Kier alpha value is -2.53. The first kappa shape index (κ1) is 12.2. The number of halogens is 1. The molecular formula is C16H10FN3S. The van der Waals surface area contributed by atoms with Crippen molar-refractivity contribution in [2.45, 2.75) is 0 Å². The van der Waals surface area contributed by atoms with Crippen LogP contribution in [0.4, 0.5) is 4.39 Å². The van der Waals surface area contributed by atoms with E-state index in [-0.39, 0.29) is 5.82 Å². The van der Waals surface area contributed by atoms with Crippen LogP contribution in [0, 0.1) is 5.82 Å². The Balaban J connectivity index is 1.88. The van der Waals surface area contributed by atoms with Crippen LogP contribution in [-0.2, 0) is 0 Å². The van der Waals surface area contributed by atoms with Gasteiger partial charge in [-0.15, -0.1) is 11.3 Å². The molecule has 0 fully saturated rings. The molecule has 0 saturated heterocycles. The van der Waals surface area contributed by atoms with E-state index in [1.807, 2.05) is 23.7 Å². The van der Waals surface area contributed by atoms with Crippen molar-refractivity contribution in [3.63, 3.8) is 0 Å². The SMILES string of the molecule is Fc1cccc(-c2nc[nH]c2-c2ccc3ncsc3c2)c1. The number of benzene rings is 2. The lowest BCUT2D eigenvalue weighted by Crippen LogP contribution is -1.85. The molecule has 0 bridgehead atoms. The normalized spacial score (nSPS) is 11.1. The Bertz CT molecular complexity index is 926. The van der Waals surface area contributed by atoms with Crippen molar-refractivity contribution < 1.29 is 4.39 Å². The number of hydrogen-bond acceptors (Lipinski definition) is 3. The van der Waals surface area contributed by atoms with Crippen molar-refractivity contribution in [1.82, 2.24) is 15.0 Å². The molecule has 3 nitrogen and oxygen atoms in total. The summed E-state index contributed by atoms with van der Waals surface area (Å²) in [5, 5.41) is 0. The molecule has 0 aliphatic carbocycles. The Kier molecular flexibility index (Phi) is 2.79. The number of nitrogens with zero attached hydrogens (tertiary/aromatic N) is 2. The van der Waals surface area contributed by atoms with Gasteiger partial charge in [0.05, 0.1) is 33.4 Å². The van der Waals surface area contributed by atoms with Gasteiger partial charge in [0.1, 0.15) is 5.82 Å². The average Bonchev–Trinajstić information content (AvgIpc) is 3.15. The minimum Gasteiger partial charge on any atom is -0.344 e. The largest absolute Gasteiger partial charge is 0.344 e. The fourth-order valence-electron chi connectivity index (χ4n) is 2.38. The molecule has 2 heterocycles. The Morgan fingerprint density at radius 3 is 2.86 bits per heavy atom. The lowest BCUT2D eigenvalue weighted by atomic mass is 10.0. The predicted molar refractivity (Wildman–Crippen MR) is 82.6 cm³/mol. The molecule has 0 aliphatic heterocycles. The van der Waals surface area contributed by atoms with Crippen LogP contribution in [0.5, 0.6) is 0 Å². The fraction of sp³-hybridized carbons (Fsp3) is 0. The first-order valence-corrected chi connectivity index (χ1v) is 7.32. The number of fused-ring (bicyclic) bond motifs is 1. The summed E-state index contributed by atoms with van der Waals surface area (Å²) >= 11 is 1.60. The van der Waals surface area contributed by atoms with Crippen LogP contribution in [0.3, 0.4) is 0 Å². The highest BCUT2D eigenvalue weighted by Gasteiger charge is 2.12. The van der Waals surface area contributed by atoms with Crippen LogP contribution in [0.2, 0.25) is 0 Å². The first-order valence-electron chi connectivity index (χ1n) is 6.44. The van der Waals surface area contributed by atoms with E-state index in [4.69, 9.17) is 0 Å². The van der Waals surface area contributed by atoms with E-state index in [1.54, 1.807) is 23.7 Å². The van der Waals surface area contributed by atoms with Gasteiger partial charge >= 0.3 is 0 Å². The molecule has 0 saturated carbocycles. The number of H-pyrrole nitrogens is 1. The third-order valence-electron chi connectivity index (χ3n) is 3.36. The van der Waals surface area contributed by atoms with E-state index in [1.165, 1.54) is 12.1 Å². The highest BCUT2D eigenvalue weighted by atomic mass is 32.1. The van der Waals surface area contributed by atoms with Gasteiger partial charge in [-0.3, -0.25) is 0 Å². The topological polar surface area (TPSA) is 41.6 Å². The third kappa shape index (κ3) is 2.11. The smallest absolute Gasteiger partial charge is 0.123 e. The molecule has 4 aromatic rings. The van der Waals surface area contributed by atoms with Crippen LogP contribution < -0.4 is 0 Å². The molecular weight excluding hydrogens is 285 g/mol. The van der Waals surface area contributed by atoms with E-state index in [0.717, 1.165) is 32.7 Å². The Morgan fingerprint density at radius 2 is 1.95 bits per heavy atom. The number of hydrogen-bond donors (Lipinski definition) is 1. The molecule has 21 heavy (non-hydrogen) atoms. The molecule has 2 aromatic carbocycles. The number of aromatic amines is 1. The zero-order chi connectivity index (χ0) is 14.2. The van der Waals surface area contributed by atoms with Crippen LogP contribution in [0.1, 0.15) is 0 Å². The van der Waals surface area contributed by atoms with Crippen LogP contribution in [0.15, 0.2) is 54.3 Å². The summed E-state index contributed by atoms with van der Waals surface area (Å²) in [7, 11) is 0. The van der Waals surface area contributed by atoms with Gasteiger partial charge < -0.3 is 4.98 Å². The van der Waals surface area contributed by atoms with Crippen LogP contribution >= 0.6 is 11.3 Å². The van der Waals surface area contributed by atoms with Gasteiger partial charge in [0, 0.05) is 11.1 Å². The Morgan fingerprint density at radius 1 is 1.00 bits per heavy atom. The van der Waals surface area contributed by atoms with Gasteiger partial charge in [0.2, 0.25) is 0 Å². The van der Waals surface area contributed by atoms with E-state index < -0.39 is 0 Å². The summed E-state index contributed by atoms with van der Waals surface area (Å²) in [5.41, 5.74) is 6.22. The summed E-state index contributed by atoms with van der Waals surface area (Å²) in [4.78, 5) is 11.8. The molecule has 0 unspecified atom stereocenters. The maximum Gasteiger partial charge on any atom is 0.123 e. The molecule has 1 N–H and O–H groups in total. The second-order valence-corrected chi connectivity index (χ2v) is 5.56. The van der Waals surface area contributed by atoms with Crippen molar-refractivity contribution in [3.8, 4) is 22.5 Å². The standard InChI is InChI=1S/C16H10FN3S/c17-12-3-1-2-10(6-12)15-16(19-8-18-15)11-4-5-13-14(7-11)21-9-20-13/h1-9H,(H,18,19). The van der Waals surface area contributed by atoms with Gasteiger partial charge in [0.25, 0.3) is 0 Å². The molecule has 102 valence electrons. The second-order valence-electron chi connectivity index (χ2n) is 4.67. The third-order valence-corrected chi connectivity index (χ3v) is 4.15. The van der Waals surface area contributed by atoms with Crippen molar-refractivity contribution in [3.05, 3.63) is 60.1 Å². The van der Waals surface area contributed by atoms with E-state index in [9.17, 15) is 4.39 Å². The molecule has 5 heteroatoms. The van der Waals surface area contributed by atoms with E-state index >= 15 is 0 Å². The molecule has 0 aliphatic rings. The summed E-state index contributed by atoms with van der Waals surface area (Å²) in [6, 6.07) is 12.5. The van der Waals surface area contributed by atoms with Gasteiger partial charge in [-0.25, -0.2) is 14.4 Å². The van der Waals surface area contributed by atoms with Crippen molar-refractivity contribution in [1.29, 1.82) is 0 Å². The predicted octanol–water partition coefficient (Wildman–Crippen LogP) is 4.49. The number of imidazole rings is 1. The number of rotatable bonds is 2. The minimum absolute atomic E-state index is 0.264. The van der Waals surface area contributed by atoms with Gasteiger partial charge in [-0.1, -0.05) is 18.2 Å². The summed E-state index contributed by atoms with van der Waals surface area (Å²) in [6.07, 6.45) is 1.63. The quantitative estimate of drug-likeness (QED) is 0.592. The maximum absolute atomic E-state index is 13.4. The van der Waals surface area contributed by atoms with E-state index in [0.29, 0.717) is 0 Å². The summed E-state index contributed by atoms with van der Waals surface area (Å²) < 4.78 is 14.5. The minimum atomic E-state index is -0.264. The van der Waals surface area contributed by atoms with Crippen LogP contribution in [0.25, 0.3) is 32.7 Å². The zero-order valence-corrected chi connectivity index (χ0v) is 11.7. The highest BCUT2D eigenvalue weighted by Crippen LogP contribution is 2.31. The summed E-state index contributed by atoms with van der Waals surface area (Å²) in [6.45, 7) is 0. The summed E-state index contributed by atoms with van der Waals surface area (Å²) in [5.74, 6) is -0.264. The number of aromatic nitrogens is 3. The zero-order valence-electron chi connectivity index (χ0n) is 10.9. The van der Waals surface area contributed by atoms with Gasteiger partial charge in [0.15, 0.2) is 0 Å². The van der Waals surface area contributed by atoms with Crippen molar-refractivity contribution >= 4 is 21.6 Å². The molecule has 0 atom stereocenters. The molecule has 0 radical (unpaired) electrons.